The Morgan fingerprint density at radius 1 is 1.37 bits per heavy atom. The lowest BCUT2D eigenvalue weighted by atomic mass is 9.91. The van der Waals surface area contributed by atoms with Crippen LogP contribution in [-0.4, -0.2) is 38.2 Å². The van der Waals surface area contributed by atoms with E-state index in [1.165, 1.54) is 24.1 Å². The van der Waals surface area contributed by atoms with Gasteiger partial charge < -0.3 is 15.0 Å². The van der Waals surface area contributed by atoms with Crippen LogP contribution in [0.5, 0.6) is 5.75 Å². The van der Waals surface area contributed by atoms with E-state index in [-0.39, 0.29) is 0 Å². The van der Waals surface area contributed by atoms with Crippen LogP contribution in [0.3, 0.4) is 0 Å². The molecular weight excluding hydrogens is 236 g/mol. The number of hydrogen-bond acceptors (Lipinski definition) is 3. The molecule has 1 fully saturated rings. The molecule has 3 heteroatoms. The maximum absolute atomic E-state index is 6.05. The Bertz CT molecular complexity index is 460. The molecule has 19 heavy (non-hydrogen) atoms. The van der Waals surface area contributed by atoms with Crippen LogP contribution in [0.2, 0.25) is 0 Å². The number of fused-ring (bicyclic) bond motifs is 1. The molecule has 2 aliphatic heterocycles. The molecule has 1 saturated heterocycles. The first kappa shape index (κ1) is 12.9. The van der Waals surface area contributed by atoms with Gasteiger partial charge in [0.05, 0.1) is 6.61 Å². The maximum Gasteiger partial charge on any atom is 0.119 e. The van der Waals surface area contributed by atoms with Gasteiger partial charge in [0.15, 0.2) is 0 Å². The first-order valence-corrected chi connectivity index (χ1v) is 7.29. The lowest BCUT2D eigenvalue weighted by Gasteiger charge is -2.24. The largest absolute Gasteiger partial charge is 0.493 e. The highest BCUT2D eigenvalue weighted by atomic mass is 16.5. The number of benzene rings is 1. The normalized spacial score (nSPS) is 27.3. The summed E-state index contributed by atoms with van der Waals surface area (Å²) in [7, 11) is 2.19. The van der Waals surface area contributed by atoms with Crippen LogP contribution >= 0.6 is 0 Å². The van der Waals surface area contributed by atoms with Gasteiger partial charge in [-0.3, -0.25) is 0 Å². The summed E-state index contributed by atoms with van der Waals surface area (Å²) in [4.78, 5) is 2.39. The minimum Gasteiger partial charge on any atom is -0.493 e. The van der Waals surface area contributed by atoms with E-state index in [4.69, 9.17) is 4.74 Å². The molecule has 1 aromatic carbocycles. The van der Waals surface area contributed by atoms with E-state index in [9.17, 15) is 0 Å². The van der Waals surface area contributed by atoms with Crippen molar-refractivity contribution in [2.75, 3.05) is 33.3 Å². The average Bonchev–Trinajstić information content (AvgIpc) is 2.77. The van der Waals surface area contributed by atoms with Crippen molar-refractivity contribution in [3.05, 3.63) is 29.3 Å². The first-order valence-electron chi connectivity index (χ1n) is 7.29. The zero-order valence-electron chi connectivity index (χ0n) is 12.0. The predicted molar refractivity (Wildman–Crippen MR) is 77.6 cm³/mol. The highest BCUT2D eigenvalue weighted by Crippen LogP contribution is 2.30. The van der Waals surface area contributed by atoms with Crippen LogP contribution in [0.15, 0.2) is 18.2 Å². The van der Waals surface area contributed by atoms with Crippen molar-refractivity contribution >= 4 is 0 Å². The fraction of sp³-hybridized carbons (Fsp3) is 0.625. The van der Waals surface area contributed by atoms with Crippen molar-refractivity contribution in [1.82, 2.24) is 10.2 Å². The van der Waals surface area contributed by atoms with E-state index in [0.717, 1.165) is 38.4 Å². The summed E-state index contributed by atoms with van der Waals surface area (Å²) in [5.74, 6) is 1.03. The molecule has 1 aromatic rings. The van der Waals surface area contributed by atoms with Crippen LogP contribution in [0.4, 0.5) is 0 Å². The average molecular weight is 260 g/mol. The summed E-state index contributed by atoms with van der Waals surface area (Å²) in [5, 5.41) is 3.42. The molecule has 0 spiro atoms. The minimum atomic E-state index is 0.308. The quantitative estimate of drug-likeness (QED) is 0.900. The minimum absolute atomic E-state index is 0.308. The number of hydrogen-bond donors (Lipinski definition) is 1. The third-order valence-corrected chi connectivity index (χ3v) is 4.40. The van der Waals surface area contributed by atoms with Crippen molar-refractivity contribution in [3.63, 3.8) is 0 Å². The number of nitrogens with zero attached hydrogens (tertiary/aromatic N) is 1. The smallest absolute Gasteiger partial charge is 0.119 e. The van der Waals surface area contributed by atoms with E-state index < -0.39 is 0 Å². The Morgan fingerprint density at radius 3 is 3.05 bits per heavy atom. The predicted octanol–water partition coefficient (Wildman–Crippen LogP) is 2.05. The van der Waals surface area contributed by atoms with Gasteiger partial charge in [-0.2, -0.15) is 0 Å². The fourth-order valence-electron chi connectivity index (χ4n) is 3.19. The summed E-state index contributed by atoms with van der Waals surface area (Å²) in [6.07, 6.45) is 2.37. The van der Waals surface area contributed by atoms with Gasteiger partial charge in [-0.15, -0.1) is 0 Å². The third-order valence-electron chi connectivity index (χ3n) is 4.40. The van der Waals surface area contributed by atoms with E-state index >= 15 is 0 Å². The van der Waals surface area contributed by atoms with E-state index in [1.54, 1.807) is 0 Å². The van der Waals surface area contributed by atoms with Gasteiger partial charge in [0.25, 0.3) is 0 Å². The number of rotatable bonds is 3. The SMILES string of the molecule is CN1CCC(C)(COc2ccc3c(c2)CNCC3)C1. The molecule has 3 rings (SSSR count). The number of nitrogens with one attached hydrogen (secondary N) is 1. The van der Waals surface area contributed by atoms with Crippen molar-refractivity contribution in [3.8, 4) is 5.75 Å². The molecule has 104 valence electrons. The molecule has 0 saturated carbocycles. The van der Waals surface area contributed by atoms with Gasteiger partial charge in [-0.1, -0.05) is 13.0 Å². The second-order valence-corrected chi connectivity index (χ2v) is 6.44. The van der Waals surface area contributed by atoms with Gasteiger partial charge >= 0.3 is 0 Å². The van der Waals surface area contributed by atoms with E-state index in [0.29, 0.717) is 5.41 Å². The van der Waals surface area contributed by atoms with Crippen molar-refractivity contribution in [2.24, 2.45) is 5.41 Å². The van der Waals surface area contributed by atoms with Gasteiger partial charge in [0.1, 0.15) is 5.75 Å². The summed E-state index contributed by atoms with van der Waals surface area (Å²) >= 11 is 0. The highest BCUT2D eigenvalue weighted by Gasteiger charge is 2.32. The second kappa shape index (κ2) is 5.14. The van der Waals surface area contributed by atoms with Gasteiger partial charge in [-0.05, 0) is 56.2 Å². The molecule has 0 bridgehead atoms. The Labute approximate surface area is 115 Å². The second-order valence-electron chi connectivity index (χ2n) is 6.44. The number of likely N-dealkylation sites (tertiary alicyclic amines) is 1. The Balaban J connectivity index is 1.64. The van der Waals surface area contributed by atoms with E-state index in [2.05, 4.69) is 42.4 Å². The monoisotopic (exact) mass is 260 g/mol. The van der Waals surface area contributed by atoms with Crippen molar-refractivity contribution < 1.29 is 4.74 Å². The molecule has 1 N–H and O–H groups in total. The van der Waals surface area contributed by atoms with Gasteiger partial charge in [0.2, 0.25) is 0 Å². The highest BCUT2D eigenvalue weighted by molar-refractivity contribution is 5.37. The van der Waals surface area contributed by atoms with Gasteiger partial charge in [0, 0.05) is 18.5 Å². The summed E-state index contributed by atoms with van der Waals surface area (Å²) in [6.45, 7) is 7.55. The fourth-order valence-corrected chi connectivity index (χ4v) is 3.19. The van der Waals surface area contributed by atoms with Crippen molar-refractivity contribution in [2.45, 2.75) is 26.3 Å². The molecular formula is C16H24N2O. The molecule has 0 aliphatic carbocycles. The zero-order valence-corrected chi connectivity index (χ0v) is 12.0. The summed E-state index contributed by atoms with van der Waals surface area (Å²) in [6, 6.07) is 6.57. The molecule has 0 amide bonds. The van der Waals surface area contributed by atoms with Gasteiger partial charge in [-0.25, -0.2) is 0 Å². The molecule has 0 radical (unpaired) electrons. The molecule has 0 aromatic heterocycles. The van der Waals surface area contributed by atoms with Crippen molar-refractivity contribution in [1.29, 1.82) is 0 Å². The Morgan fingerprint density at radius 2 is 2.26 bits per heavy atom. The van der Waals surface area contributed by atoms with Crippen LogP contribution in [-0.2, 0) is 13.0 Å². The molecule has 3 nitrogen and oxygen atoms in total. The maximum atomic E-state index is 6.05. The van der Waals surface area contributed by atoms with E-state index in [1.807, 2.05) is 0 Å². The van der Waals surface area contributed by atoms with Crippen LogP contribution in [0.1, 0.15) is 24.5 Å². The Hall–Kier alpha value is -1.06. The Kier molecular flexibility index (Phi) is 3.50. The first-order chi connectivity index (χ1) is 9.15. The lowest BCUT2D eigenvalue weighted by molar-refractivity contribution is 0.168. The summed E-state index contributed by atoms with van der Waals surface area (Å²) < 4.78 is 6.05. The third kappa shape index (κ3) is 2.93. The number of ether oxygens (including phenoxy) is 1. The molecule has 2 heterocycles. The van der Waals surface area contributed by atoms with Crippen LogP contribution in [0.25, 0.3) is 0 Å². The zero-order chi connectivity index (χ0) is 13.3. The topological polar surface area (TPSA) is 24.5 Å². The van der Waals surface area contributed by atoms with Crippen LogP contribution < -0.4 is 10.1 Å². The lowest BCUT2D eigenvalue weighted by Crippen LogP contribution is -2.28. The molecule has 1 unspecified atom stereocenters. The summed E-state index contributed by atoms with van der Waals surface area (Å²) in [5.41, 5.74) is 3.18. The standard InChI is InChI=1S/C16H24N2O/c1-16(6-8-18(2)11-16)12-19-15-4-3-13-5-7-17-10-14(13)9-15/h3-4,9,17H,5-8,10-12H2,1-2H3. The molecule has 1 atom stereocenters. The van der Waals surface area contributed by atoms with Crippen LogP contribution in [0, 0.1) is 5.41 Å². The molecule has 2 aliphatic rings.